The van der Waals surface area contributed by atoms with Gasteiger partial charge in [0.15, 0.2) is 15.8 Å². The van der Waals surface area contributed by atoms with Crippen LogP contribution < -0.4 is 10.6 Å². The Balaban J connectivity index is 0.00000900. The van der Waals surface area contributed by atoms with Crippen LogP contribution in [0.2, 0.25) is 0 Å². The number of guanidine groups is 1. The Morgan fingerprint density at radius 2 is 1.74 bits per heavy atom. The summed E-state index contributed by atoms with van der Waals surface area (Å²) in [4.78, 5) is 18.9. The van der Waals surface area contributed by atoms with E-state index in [2.05, 4.69) is 15.6 Å². The van der Waals surface area contributed by atoms with E-state index >= 15 is 0 Å². The van der Waals surface area contributed by atoms with Gasteiger partial charge in [0.1, 0.15) is 11.3 Å². The number of nitrogens with one attached hydrogen (secondary N) is 2. The molecule has 0 spiro atoms. The van der Waals surface area contributed by atoms with Crippen LogP contribution in [0.1, 0.15) is 62.3 Å². The molecule has 31 heavy (non-hydrogen) atoms. The molecule has 1 amide bonds. The van der Waals surface area contributed by atoms with Crippen molar-refractivity contribution in [3.63, 3.8) is 0 Å². The second-order valence-corrected chi connectivity index (χ2v) is 12.4. The summed E-state index contributed by atoms with van der Waals surface area (Å²) in [5.74, 6) is 0.482. The largest absolute Gasteiger partial charge is 0.444 e. The van der Waals surface area contributed by atoms with Gasteiger partial charge in [0.2, 0.25) is 0 Å². The highest BCUT2D eigenvalue weighted by Gasteiger charge is 2.49. The number of rotatable bonds is 6. The van der Waals surface area contributed by atoms with Gasteiger partial charge in [-0.15, -0.1) is 24.0 Å². The first-order valence-corrected chi connectivity index (χ1v) is 12.2. The van der Waals surface area contributed by atoms with Gasteiger partial charge in [-0.05, 0) is 62.3 Å². The maximum Gasteiger partial charge on any atom is 0.412 e. The number of aliphatic imine (C=N–C) groups is 1. The van der Waals surface area contributed by atoms with Crippen molar-refractivity contribution in [2.45, 2.75) is 90.5 Å². The molecule has 0 aromatic carbocycles. The van der Waals surface area contributed by atoms with Crippen LogP contribution >= 0.6 is 24.0 Å². The molecular weight excluding hydrogens is 535 g/mol. The predicted octanol–water partition coefficient (Wildman–Crippen LogP) is 2.74. The van der Waals surface area contributed by atoms with E-state index in [0.717, 1.165) is 0 Å². The molecule has 1 aliphatic rings. The average molecular weight is 577 g/mol. The molecule has 0 aromatic heterocycles. The Morgan fingerprint density at radius 1 is 1.19 bits per heavy atom. The molecule has 1 fully saturated rings. The van der Waals surface area contributed by atoms with Crippen LogP contribution in [0.15, 0.2) is 4.99 Å². The first-order valence-electron chi connectivity index (χ1n) is 10.3. The molecule has 2 atom stereocenters. The van der Waals surface area contributed by atoms with Gasteiger partial charge >= 0.3 is 6.09 Å². The standard InChI is InChI=1S/C20H40N4O5S.HI/c1-11-21-16(23-13-19(6,7)30(10,26)27)22-12-15-14(2)28-20(8,9)24(15)17(25)29-18(3,4)5;/h14-15H,11-13H2,1-10H3,(H2,21,22,23);1H. The SMILES string of the molecule is CCNC(=NCC(C)(C)S(C)(=O)=O)NCC1C(C)OC(C)(C)N1C(=O)OC(C)(C)C.I. The van der Waals surface area contributed by atoms with Crippen LogP contribution in [0, 0.1) is 0 Å². The zero-order valence-corrected chi connectivity index (χ0v) is 23.7. The Labute approximate surface area is 205 Å². The summed E-state index contributed by atoms with van der Waals surface area (Å²) < 4.78 is 34.5. The van der Waals surface area contributed by atoms with Crippen LogP contribution in [0.25, 0.3) is 0 Å². The molecule has 11 heteroatoms. The van der Waals surface area contributed by atoms with Gasteiger partial charge in [0.25, 0.3) is 0 Å². The lowest BCUT2D eigenvalue weighted by atomic mass is 10.1. The number of carbonyl (C=O) groups is 1. The summed E-state index contributed by atoms with van der Waals surface area (Å²) >= 11 is 0. The maximum absolute atomic E-state index is 12.9. The van der Waals surface area contributed by atoms with Crippen molar-refractivity contribution in [2.75, 3.05) is 25.9 Å². The molecule has 1 saturated heterocycles. The van der Waals surface area contributed by atoms with Gasteiger partial charge in [-0.1, -0.05) is 0 Å². The highest BCUT2D eigenvalue weighted by molar-refractivity contribution is 14.0. The summed E-state index contributed by atoms with van der Waals surface area (Å²) in [7, 11) is -3.26. The molecule has 0 aliphatic carbocycles. The second-order valence-electron chi connectivity index (χ2n) is 9.80. The lowest BCUT2D eigenvalue weighted by molar-refractivity contribution is -0.0755. The lowest BCUT2D eigenvalue weighted by Gasteiger charge is -2.35. The van der Waals surface area contributed by atoms with Crippen molar-refractivity contribution in [3.05, 3.63) is 0 Å². The fourth-order valence-electron chi connectivity index (χ4n) is 3.05. The zero-order chi connectivity index (χ0) is 23.5. The van der Waals surface area contributed by atoms with Crippen molar-refractivity contribution in [1.29, 1.82) is 0 Å². The molecule has 1 rings (SSSR count). The Hall–Kier alpha value is -0.820. The number of hydrogen-bond donors (Lipinski definition) is 2. The summed E-state index contributed by atoms with van der Waals surface area (Å²) in [6, 6.07) is -0.290. The quantitative estimate of drug-likeness (QED) is 0.284. The molecule has 1 aliphatic heterocycles. The van der Waals surface area contributed by atoms with Crippen LogP contribution in [0.3, 0.4) is 0 Å². The number of halogens is 1. The minimum absolute atomic E-state index is 0. The normalized spacial score (nSPS) is 22.0. The van der Waals surface area contributed by atoms with Crippen LogP contribution in [-0.4, -0.2) is 79.5 Å². The highest BCUT2D eigenvalue weighted by atomic mass is 127. The van der Waals surface area contributed by atoms with E-state index in [0.29, 0.717) is 19.0 Å². The molecule has 184 valence electrons. The van der Waals surface area contributed by atoms with Crippen molar-refractivity contribution >= 4 is 45.9 Å². The van der Waals surface area contributed by atoms with E-state index in [1.807, 2.05) is 48.5 Å². The maximum atomic E-state index is 12.9. The number of nitrogens with zero attached hydrogens (tertiary/aromatic N) is 2. The fraction of sp³-hybridized carbons (Fsp3) is 0.900. The van der Waals surface area contributed by atoms with Crippen LogP contribution in [0.4, 0.5) is 4.79 Å². The van der Waals surface area contributed by atoms with E-state index in [9.17, 15) is 13.2 Å². The third-order valence-corrected chi connectivity index (χ3v) is 7.10. The second kappa shape index (κ2) is 10.9. The van der Waals surface area contributed by atoms with Crippen LogP contribution in [0.5, 0.6) is 0 Å². The number of sulfone groups is 1. The summed E-state index contributed by atoms with van der Waals surface area (Å²) in [6.45, 7) is 17.4. The summed E-state index contributed by atoms with van der Waals surface area (Å²) in [5.41, 5.74) is -1.44. The van der Waals surface area contributed by atoms with Gasteiger partial charge in [0.05, 0.1) is 23.4 Å². The molecule has 2 N–H and O–H groups in total. The number of carbonyl (C=O) groups excluding carboxylic acids is 1. The molecule has 2 unspecified atom stereocenters. The minimum Gasteiger partial charge on any atom is -0.444 e. The first-order chi connectivity index (χ1) is 13.4. The summed E-state index contributed by atoms with van der Waals surface area (Å²) in [6.07, 6.45) is 0.542. The number of ether oxygens (including phenoxy) is 2. The highest BCUT2D eigenvalue weighted by Crippen LogP contribution is 2.33. The molecule has 9 nitrogen and oxygen atoms in total. The van der Waals surface area contributed by atoms with E-state index in [-0.39, 0.29) is 42.7 Å². The lowest BCUT2D eigenvalue weighted by Crippen LogP contribution is -2.54. The third kappa shape index (κ3) is 8.56. The monoisotopic (exact) mass is 576 g/mol. The average Bonchev–Trinajstić information content (AvgIpc) is 2.75. The fourth-order valence-corrected chi connectivity index (χ4v) is 3.35. The minimum atomic E-state index is -3.26. The number of amides is 1. The van der Waals surface area contributed by atoms with E-state index in [1.165, 1.54) is 6.26 Å². The van der Waals surface area contributed by atoms with Crippen molar-refractivity contribution < 1.29 is 22.7 Å². The smallest absolute Gasteiger partial charge is 0.412 e. The molecule has 0 aromatic rings. The molecule has 0 radical (unpaired) electrons. The van der Waals surface area contributed by atoms with Gasteiger partial charge in [-0.2, -0.15) is 0 Å². The Bertz CT molecular complexity index is 747. The van der Waals surface area contributed by atoms with Gasteiger partial charge in [-0.3, -0.25) is 9.89 Å². The Morgan fingerprint density at radius 3 is 2.19 bits per heavy atom. The molecule has 1 heterocycles. The van der Waals surface area contributed by atoms with Gasteiger partial charge in [0, 0.05) is 19.3 Å². The van der Waals surface area contributed by atoms with Crippen molar-refractivity contribution in [1.82, 2.24) is 15.5 Å². The van der Waals surface area contributed by atoms with E-state index in [1.54, 1.807) is 18.7 Å². The number of hydrogen-bond acceptors (Lipinski definition) is 6. The van der Waals surface area contributed by atoms with Crippen molar-refractivity contribution in [2.24, 2.45) is 4.99 Å². The first kappa shape index (κ1) is 30.2. The molecular formula is C20H41IN4O5S. The van der Waals surface area contributed by atoms with Crippen LogP contribution in [-0.2, 0) is 19.3 Å². The van der Waals surface area contributed by atoms with Crippen molar-refractivity contribution in [3.8, 4) is 0 Å². The molecule has 0 saturated carbocycles. The predicted molar refractivity (Wildman–Crippen MR) is 135 cm³/mol. The van der Waals surface area contributed by atoms with E-state index in [4.69, 9.17) is 9.47 Å². The Kier molecular flexibility index (Phi) is 10.6. The summed E-state index contributed by atoms with van der Waals surface area (Å²) in [5, 5.41) is 6.33. The van der Waals surface area contributed by atoms with E-state index < -0.39 is 32.0 Å². The zero-order valence-electron chi connectivity index (χ0n) is 20.5. The third-order valence-electron chi connectivity index (χ3n) is 4.96. The molecule has 0 bridgehead atoms. The van der Waals surface area contributed by atoms with Gasteiger partial charge < -0.3 is 20.1 Å². The van der Waals surface area contributed by atoms with Gasteiger partial charge in [-0.25, -0.2) is 13.2 Å². The topological polar surface area (TPSA) is 109 Å².